The minimum Gasteiger partial charge on any atom is -0.0628 e. The van der Waals surface area contributed by atoms with Crippen LogP contribution in [-0.2, 0) is 0 Å². The standard InChI is InChI=1S/C12H18/c1-10(2)9-11(3)12-7-5-4-6-8-12/h4-8,10-11H,9H2,1-3H3/t11-/m1/s1. The Morgan fingerprint density at radius 3 is 2.08 bits per heavy atom. The van der Waals surface area contributed by atoms with Gasteiger partial charge in [-0.25, -0.2) is 0 Å². The first-order chi connectivity index (χ1) is 5.70. The van der Waals surface area contributed by atoms with Gasteiger partial charge in [0.15, 0.2) is 0 Å². The highest BCUT2D eigenvalue weighted by atomic mass is 14.1. The number of hydrogen-bond donors (Lipinski definition) is 0. The maximum absolute atomic E-state index is 2.30. The van der Waals surface area contributed by atoms with Gasteiger partial charge in [0.05, 0.1) is 0 Å². The van der Waals surface area contributed by atoms with Crippen LogP contribution in [0.1, 0.15) is 38.7 Å². The number of hydrogen-bond acceptors (Lipinski definition) is 0. The van der Waals surface area contributed by atoms with Crippen LogP contribution in [0.15, 0.2) is 30.3 Å². The van der Waals surface area contributed by atoms with Crippen molar-refractivity contribution in [3.8, 4) is 0 Å². The van der Waals surface area contributed by atoms with Crippen LogP contribution >= 0.6 is 0 Å². The van der Waals surface area contributed by atoms with Crippen molar-refractivity contribution in [3.05, 3.63) is 35.9 Å². The van der Waals surface area contributed by atoms with E-state index in [9.17, 15) is 0 Å². The molecule has 1 aromatic carbocycles. The maximum Gasteiger partial charge on any atom is -0.0188 e. The Hall–Kier alpha value is -0.780. The van der Waals surface area contributed by atoms with E-state index in [4.69, 9.17) is 0 Å². The van der Waals surface area contributed by atoms with Crippen LogP contribution in [0.5, 0.6) is 0 Å². The monoisotopic (exact) mass is 162 g/mol. The molecule has 0 nitrogen and oxygen atoms in total. The predicted octanol–water partition coefficient (Wildman–Crippen LogP) is 3.84. The summed E-state index contributed by atoms with van der Waals surface area (Å²) in [6, 6.07) is 10.7. The SMILES string of the molecule is CC(C)C[C@@H](C)c1ccccc1. The van der Waals surface area contributed by atoms with Crippen molar-refractivity contribution in [2.45, 2.75) is 33.1 Å². The highest BCUT2D eigenvalue weighted by molar-refractivity contribution is 5.18. The molecule has 0 aliphatic heterocycles. The van der Waals surface area contributed by atoms with Gasteiger partial charge in [0.1, 0.15) is 0 Å². The molecule has 0 N–H and O–H groups in total. The van der Waals surface area contributed by atoms with Crippen molar-refractivity contribution >= 4 is 0 Å². The molecule has 0 unspecified atom stereocenters. The first-order valence-corrected chi connectivity index (χ1v) is 4.75. The van der Waals surface area contributed by atoms with Crippen LogP contribution in [0.3, 0.4) is 0 Å². The summed E-state index contributed by atoms with van der Waals surface area (Å²) in [6.07, 6.45) is 1.28. The zero-order valence-electron chi connectivity index (χ0n) is 8.25. The predicted molar refractivity (Wildman–Crippen MR) is 54.3 cm³/mol. The molecule has 0 bridgehead atoms. The lowest BCUT2D eigenvalue weighted by Crippen LogP contribution is -1.97. The average molecular weight is 162 g/mol. The van der Waals surface area contributed by atoms with E-state index in [1.54, 1.807) is 0 Å². The summed E-state index contributed by atoms with van der Waals surface area (Å²) in [6.45, 7) is 6.86. The topological polar surface area (TPSA) is 0 Å². The minimum atomic E-state index is 0.700. The van der Waals surface area contributed by atoms with Gasteiger partial charge in [0.2, 0.25) is 0 Å². The quantitative estimate of drug-likeness (QED) is 0.633. The number of benzene rings is 1. The first kappa shape index (κ1) is 9.31. The Bertz CT molecular complexity index is 211. The molecule has 0 amide bonds. The highest BCUT2D eigenvalue weighted by Gasteiger charge is 2.06. The molecule has 0 saturated carbocycles. The van der Waals surface area contributed by atoms with E-state index in [-0.39, 0.29) is 0 Å². The zero-order valence-corrected chi connectivity index (χ0v) is 8.25. The van der Waals surface area contributed by atoms with Crippen LogP contribution in [0.25, 0.3) is 0 Å². The molecular weight excluding hydrogens is 144 g/mol. The van der Waals surface area contributed by atoms with Gasteiger partial charge >= 0.3 is 0 Å². The Labute approximate surface area is 75.6 Å². The second kappa shape index (κ2) is 4.30. The Morgan fingerprint density at radius 1 is 1.00 bits per heavy atom. The van der Waals surface area contributed by atoms with Gasteiger partial charge in [0, 0.05) is 0 Å². The van der Waals surface area contributed by atoms with Gasteiger partial charge in [-0.2, -0.15) is 0 Å². The van der Waals surface area contributed by atoms with Crippen LogP contribution in [0.2, 0.25) is 0 Å². The molecule has 1 rings (SSSR count). The van der Waals surface area contributed by atoms with E-state index in [2.05, 4.69) is 51.1 Å². The van der Waals surface area contributed by atoms with Gasteiger partial charge in [-0.15, -0.1) is 0 Å². The van der Waals surface area contributed by atoms with Crippen molar-refractivity contribution < 1.29 is 0 Å². The van der Waals surface area contributed by atoms with Crippen molar-refractivity contribution in [2.75, 3.05) is 0 Å². The molecule has 0 aliphatic carbocycles. The second-order valence-corrected chi connectivity index (χ2v) is 3.94. The zero-order chi connectivity index (χ0) is 8.97. The summed E-state index contributed by atoms with van der Waals surface area (Å²) < 4.78 is 0. The van der Waals surface area contributed by atoms with Crippen LogP contribution in [0.4, 0.5) is 0 Å². The van der Waals surface area contributed by atoms with Gasteiger partial charge in [0.25, 0.3) is 0 Å². The van der Waals surface area contributed by atoms with Crippen molar-refractivity contribution in [1.29, 1.82) is 0 Å². The third-order valence-corrected chi connectivity index (χ3v) is 2.19. The molecule has 0 saturated heterocycles. The first-order valence-electron chi connectivity index (χ1n) is 4.75. The number of rotatable bonds is 3. The maximum atomic E-state index is 2.30. The molecule has 0 radical (unpaired) electrons. The second-order valence-electron chi connectivity index (χ2n) is 3.94. The minimum absolute atomic E-state index is 0.700. The molecule has 0 heterocycles. The van der Waals surface area contributed by atoms with E-state index in [1.807, 2.05) is 0 Å². The van der Waals surface area contributed by atoms with Gasteiger partial charge in [-0.05, 0) is 23.8 Å². The van der Waals surface area contributed by atoms with Crippen molar-refractivity contribution in [3.63, 3.8) is 0 Å². The fourth-order valence-corrected chi connectivity index (χ4v) is 1.62. The van der Waals surface area contributed by atoms with Crippen molar-refractivity contribution in [1.82, 2.24) is 0 Å². The smallest absolute Gasteiger partial charge is 0.0188 e. The van der Waals surface area contributed by atoms with E-state index in [1.165, 1.54) is 12.0 Å². The van der Waals surface area contributed by atoms with Gasteiger partial charge < -0.3 is 0 Å². The molecule has 1 atom stereocenters. The molecule has 0 spiro atoms. The van der Waals surface area contributed by atoms with E-state index in [0.29, 0.717) is 5.92 Å². The molecular formula is C12H18. The van der Waals surface area contributed by atoms with Crippen LogP contribution < -0.4 is 0 Å². The molecule has 66 valence electrons. The Balaban J connectivity index is 2.59. The molecule has 0 fully saturated rings. The molecule has 0 heteroatoms. The summed E-state index contributed by atoms with van der Waals surface area (Å²) in [5, 5.41) is 0. The Morgan fingerprint density at radius 2 is 1.58 bits per heavy atom. The summed E-state index contributed by atoms with van der Waals surface area (Å²) in [4.78, 5) is 0. The lowest BCUT2D eigenvalue weighted by atomic mass is 9.92. The molecule has 0 aromatic heterocycles. The average Bonchev–Trinajstić information content (AvgIpc) is 2.05. The van der Waals surface area contributed by atoms with E-state index in [0.717, 1.165) is 5.92 Å². The lowest BCUT2D eigenvalue weighted by molar-refractivity contribution is 0.524. The van der Waals surface area contributed by atoms with Gasteiger partial charge in [-0.3, -0.25) is 0 Å². The highest BCUT2D eigenvalue weighted by Crippen LogP contribution is 2.22. The molecule has 1 aromatic rings. The van der Waals surface area contributed by atoms with Crippen molar-refractivity contribution in [2.24, 2.45) is 5.92 Å². The summed E-state index contributed by atoms with van der Waals surface area (Å²) >= 11 is 0. The summed E-state index contributed by atoms with van der Waals surface area (Å²) in [5.74, 6) is 1.49. The fourth-order valence-electron chi connectivity index (χ4n) is 1.62. The molecule has 12 heavy (non-hydrogen) atoms. The third-order valence-electron chi connectivity index (χ3n) is 2.19. The van der Waals surface area contributed by atoms with E-state index < -0.39 is 0 Å². The third kappa shape index (κ3) is 2.69. The fraction of sp³-hybridized carbons (Fsp3) is 0.500. The Kier molecular flexibility index (Phi) is 3.33. The molecule has 0 aliphatic rings. The van der Waals surface area contributed by atoms with Gasteiger partial charge in [-0.1, -0.05) is 51.1 Å². The largest absolute Gasteiger partial charge is 0.0628 e. The lowest BCUT2D eigenvalue weighted by Gasteiger charge is -2.13. The van der Waals surface area contributed by atoms with Crippen LogP contribution in [0, 0.1) is 5.92 Å². The van der Waals surface area contributed by atoms with Crippen LogP contribution in [-0.4, -0.2) is 0 Å². The van der Waals surface area contributed by atoms with E-state index >= 15 is 0 Å². The normalized spacial score (nSPS) is 13.3. The summed E-state index contributed by atoms with van der Waals surface area (Å²) in [7, 11) is 0. The summed E-state index contributed by atoms with van der Waals surface area (Å²) in [5.41, 5.74) is 1.46.